The molecule has 1 aliphatic heterocycles. The standard InChI is InChI=1S/C27H29ClN4O/c1-31(2)14-4-16-33-21-9-7-19(8-10-21)26-24(25-22(28)11-13-29-27(25)30-26)20-6-5-18-12-15-32(3)23(18)17-20/h5-11,13,17H,4,12,14-16H2,1-3H3,(H,29,30). The molecule has 2 aromatic carbocycles. The van der Waals surface area contributed by atoms with E-state index in [2.05, 4.69) is 71.2 Å². The van der Waals surface area contributed by atoms with Crippen LogP contribution in [-0.4, -0.2) is 55.7 Å². The van der Waals surface area contributed by atoms with Gasteiger partial charge in [-0.15, -0.1) is 0 Å². The summed E-state index contributed by atoms with van der Waals surface area (Å²) in [4.78, 5) is 12.6. The average Bonchev–Trinajstić information content (AvgIpc) is 3.38. The van der Waals surface area contributed by atoms with Gasteiger partial charge in [0.25, 0.3) is 0 Å². The Morgan fingerprint density at radius 3 is 2.67 bits per heavy atom. The van der Waals surface area contributed by atoms with Gasteiger partial charge < -0.3 is 19.5 Å². The van der Waals surface area contributed by atoms with Crippen molar-refractivity contribution >= 4 is 28.3 Å². The molecule has 0 radical (unpaired) electrons. The maximum Gasteiger partial charge on any atom is 0.139 e. The quantitative estimate of drug-likeness (QED) is 0.350. The lowest BCUT2D eigenvalue weighted by molar-refractivity contribution is 0.281. The third-order valence-electron chi connectivity index (χ3n) is 6.31. The number of anilines is 1. The number of likely N-dealkylation sites (N-methyl/N-ethyl adjacent to an activating group) is 1. The molecular formula is C27H29ClN4O. The maximum atomic E-state index is 6.68. The van der Waals surface area contributed by atoms with Gasteiger partial charge in [-0.1, -0.05) is 23.7 Å². The normalized spacial score (nSPS) is 13.2. The minimum Gasteiger partial charge on any atom is -0.494 e. The topological polar surface area (TPSA) is 44.4 Å². The van der Waals surface area contributed by atoms with Gasteiger partial charge >= 0.3 is 0 Å². The Balaban J connectivity index is 1.53. The lowest BCUT2D eigenvalue weighted by Crippen LogP contribution is -2.15. The second-order valence-electron chi connectivity index (χ2n) is 8.94. The number of hydrogen-bond acceptors (Lipinski definition) is 4. The van der Waals surface area contributed by atoms with Crippen LogP contribution in [0.1, 0.15) is 12.0 Å². The summed E-state index contributed by atoms with van der Waals surface area (Å²) in [6.07, 6.45) is 3.83. The number of nitrogens with one attached hydrogen (secondary N) is 1. The zero-order chi connectivity index (χ0) is 22.9. The minimum absolute atomic E-state index is 0.701. The molecule has 5 nitrogen and oxygen atoms in total. The lowest BCUT2D eigenvalue weighted by atomic mass is 9.97. The van der Waals surface area contributed by atoms with Crippen molar-refractivity contribution in [3.8, 4) is 28.1 Å². The first-order valence-corrected chi connectivity index (χ1v) is 11.8. The lowest BCUT2D eigenvalue weighted by Gasteiger charge is -2.14. The second kappa shape index (κ2) is 9.08. The van der Waals surface area contributed by atoms with Gasteiger partial charge in [0.15, 0.2) is 0 Å². The van der Waals surface area contributed by atoms with Gasteiger partial charge in [-0.2, -0.15) is 0 Å². The van der Waals surface area contributed by atoms with Gasteiger partial charge in [-0.05, 0) is 80.0 Å². The van der Waals surface area contributed by atoms with E-state index in [4.69, 9.17) is 16.3 Å². The largest absolute Gasteiger partial charge is 0.494 e. The Labute approximate surface area is 200 Å². The monoisotopic (exact) mass is 460 g/mol. The summed E-state index contributed by atoms with van der Waals surface area (Å²) >= 11 is 6.68. The summed E-state index contributed by atoms with van der Waals surface area (Å²) < 4.78 is 5.93. The van der Waals surface area contributed by atoms with E-state index in [-0.39, 0.29) is 0 Å². The molecule has 5 rings (SSSR count). The fourth-order valence-corrected chi connectivity index (χ4v) is 4.81. The van der Waals surface area contributed by atoms with Gasteiger partial charge in [-0.25, -0.2) is 4.98 Å². The van der Waals surface area contributed by atoms with Crippen molar-refractivity contribution in [2.24, 2.45) is 0 Å². The zero-order valence-corrected chi connectivity index (χ0v) is 20.1. The number of rotatable bonds is 7. The number of benzene rings is 2. The van der Waals surface area contributed by atoms with E-state index in [0.717, 1.165) is 65.1 Å². The van der Waals surface area contributed by atoms with Gasteiger partial charge in [0.2, 0.25) is 0 Å². The highest BCUT2D eigenvalue weighted by molar-refractivity contribution is 6.36. The number of H-pyrrole nitrogens is 1. The van der Waals surface area contributed by atoms with E-state index >= 15 is 0 Å². The molecule has 0 unspecified atom stereocenters. The molecule has 33 heavy (non-hydrogen) atoms. The molecule has 3 heterocycles. The Morgan fingerprint density at radius 2 is 1.88 bits per heavy atom. The summed E-state index contributed by atoms with van der Waals surface area (Å²) in [5.74, 6) is 0.880. The number of halogens is 1. The van der Waals surface area contributed by atoms with Crippen molar-refractivity contribution < 1.29 is 4.74 Å². The molecule has 2 aromatic heterocycles. The number of hydrogen-bond donors (Lipinski definition) is 1. The highest BCUT2D eigenvalue weighted by Gasteiger charge is 2.21. The number of pyridine rings is 1. The van der Waals surface area contributed by atoms with E-state index in [0.29, 0.717) is 11.6 Å². The molecule has 0 atom stereocenters. The highest BCUT2D eigenvalue weighted by atomic mass is 35.5. The van der Waals surface area contributed by atoms with Gasteiger partial charge in [-0.3, -0.25) is 0 Å². The van der Waals surface area contributed by atoms with Crippen LogP contribution < -0.4 is 9.64 Å². The third kappa shape index (κ3) is 4.31. The Hall–Kier alpha value is -3.02. The van der Waals surface area contributed by atoms with Crippen molar-refractivity contribution in [2.45, 2.75) is 12.8 Å². The van der Waals surface area contributed by atoms with Gasteiger partial charge in [0.1, 0.15) is 11.4 Å². The van der Waals surface area contributed by atoms with E-state index < -0.39 is 0 Å². The van der Waals surface area contributed by atoms with Crippen molar-refractivity contribution in [1.82, 2.24) is 14.9 Å². The summed E-state index contributed by atoms with van der Waals surface area (Å²) in [5, 5.41) is 1.66. The van der Waals surface area contributed by atoms with E-state index in [1.54, 1.807) is 6.20 Å². The van der Waals surface area contributed by atoms with Crippen molar-refractivity contribution in [3.05, 3.63) is 65.3 Å². The Kier molecular flexibility index (Phi) is 6.00. The summed E-state index contributed by atoms with van der Waals surface area (Å²) in [5.41, 5.74) is 7.80. The average molecular weight is 461 g/mol. The van der Waals surface area contributed by atoms with Crippen molar-refractivity contribution in [2.75, 3.05) is 45.7 Å². The molecule has 0 bridgehead atoms. The molecule has 0 aliphatic carbocycles. The molecule has 0 saturated carbocycles. The van der Waals surface area contributed by atoms with Crippen molar-refractivity contribution in [3.63, 3.8) is 0 Å². The molecular weight excluding hydrogens is 432 g/mol. The minimum atomic E-state index is 0.701. The maximum absolute atomic E-state index is 6.68. The Morgan fingerprint density at radius 1 is 1.09 bits per heavy atom. The zero-order valence-electron chi connectivity index (χ0n) is 19.4. The molecule has 0 amide bonds. The molecule has 0 fully saturated rings. The van der Waals surface area contributed by atoms with Crippen LogP contribution in [0.3, 0.4) is 0 Å². The van der Waals surface area contributed by atoms with Crippen LogP contribution in [0.15, 0.2) is 54.7 Å². The number of fused-ring (bicyclic) bond motifs is 2. The molecule has 4 aromatic rings. The highest BCUT2D eigenvalue weighted by Crippen LogP contribution is 2.43. The van der Waals surface area contributed by atoms with E-state index in [9.17, 15) is 0 Å². The van der Waals surface area contributed by atoms with Crippen LogP contribution >= 0.6 is 11.6 Å². The molecule has 170 valence electrons. The van der Waals surface area contributed by atoms with Crippen molar-refractivity contribution in [1.29, 1.82) is 0 Å². The number of nitrogens with zero attached hydrogens (tertiary/aromatic N) is 3. The molecule has 0 saturated heterocycles. The molecule has 0 spiro atoms. The van der Waals surface area contributed by atoms with E-state index in [1.165, 1.54) is 11.3 Å². The van der Waals surface area contributed by atoms with E-state index in [1.807, 2.05) is 18.2 Å². The first-order chi connectivity index (χ1) is 16.0. The molecule has 1 N–H and O–H groups in total. The fourth-order valence-electron chi connectivity index (χ4n) is 4.57. The van der Waals surface area contributed by atoms with Crippen LogP contribution in [0.4, 0.5) is 5.69 Å². The predicted molar refractivity (Wildman–Crippen MR) is 138 cm³/mol. The first-order valence-electron chi connectivity index (χ1n) is 11.4. The summed E-state index contributed by atoms with van der Waals surface area (Å²) in [7, 11) is 6.30. The third-order valence-corrected chi connectivity index (χ3v) is 6.62. The van der Waals surface area contributed by atoms with Crippen LogP contribution in [0.25, 0.3) is 33.4 Å². The smallest absolute Gasteiger partial charge is 0.139 e. The molecule has 1 aliphatic rings. The van der Waals surface area contributed by atoms with Gasteiger partial charge in [0, 0.05) is 43.0 Å². The van der Waals surface area contributed by atoms with Crippen LogP contribution in [0, 0.1) is 0 Å². The SMILES string of the molecule is CN(C)CCCOc1ccc(-c2[nH]c3nccc(Cl)c3c2-c2ccc3c(c2)N(C)CC3)cc1. The van der Waals surface area contributed by atoms with Gasteiger partial charge in [0.05, 0.1) is 17.3 Å². The second-order valence-corrected chi connectivity index (χ2v) is 9.34. The number of aromatic amines is 1. The number of ether oxygens (including phenoxy) is 1. The summed E-state index contributed by atoms with van der Waals surface area (Å²) in [6, 6.07) is 16.8. The summed E-state index contributed by atoms with van der Waals surface area (Å²) in [6.45, 7) is 2.77. The molecule has 6 heteroatoms. The van der Waals surface area contributed by atoms with Crippen LogP contribution in [0.5, 0.6) is 5.75 Å². The fraction of sp³-hybridized carbons (Fsp3) is 0.296. The Bertz CT molecular complexity index is 1280. The predicted octanol–water partition coefficient (Wildman–Crippen LogP) is 5.87. The van der Waals surface area contributed by atoms with Crippen LogP contribution in [-0.2, 0) is 6.42 Å². The van der Waals surface area contributed by atoms with Crippen LogP contribution in [0.2, 0.25) is 5.02 Å². The first kappa shape index (κ1) is 21.8. The number of aromatic nitrogens is 2.